The van der Waals surface area contributed by atoms with Crippen molar-refractivity contribution in [1.82, 2.24) is 5.32 Å². The first-order chi connectivity index (χ1) is 9.40. The topological polar surface area (TPSA) is 107 Å². The largest absolute Gasteiger partial charge is 0.486 e. The predicted molar refractivity (Wildman–Crippen MR) is 74.4 cm³/mol. The van der Waals surface area contributed by atoms with Crippen molar-refractivity contribution in [3.05, 3.63) is 33.9 Å². The molecule has 0 aromatic heterocycles. The number of nitrogens with two attached hydrogens (primary N) is 1. The Hall–Kier alpha value is -2.15. The van der Waals surface area contributed by atoms with E-state index >= 15 is 0 Å². The number of hydrogen-bond donors (Lipinski definition) is 2. The van der Waals surface area contributed by atoms with Gasteiger partial charge in [-0.25, -0.2) is 0 Å². The summed E-state index contributed by atoms with van der Waals surface area (Å²) in [6, 6.07) is 5.05. The number of nitro groups is 1. The van der Waals surface area contributed by atoms with Gasteiger partial charge < -0.3 is 15.8 Å². The molecule has 20 heavy (non-hydrogen) atoms. The molecule has 0 unspecified atom stereocenters. The molecule has 0 fully saturated rings. The number of rotatable bonds is 8. The van der Waals surface area contributed by atoms with Gasteiger partial charge in [0.15, 0.2) is 5.75 Å². The molecule has 0 atom stereocenters. The lowest BCUT2D eigenvalue weighted by atomic mass is 10.2. The van der Waals surface area contributed by atoms with E-state index in [9.17, 15) is 14.9 Å². The molecule has 0 bridgehead atoms. The van der Waals surface area contributed by atoms with Gasteiger partial charge in [0.2, 0.25) is 5.91 Å². The summed E-state index contributed by atoms with van der Waals surface area (Å²) in [6.45, 7) is 4.56. The molecular weight excluding hydrogens is 262 g/mol. The van der Waals surface area contributed by atoms with Gasteiger partial charge in [0, 0.05) is 18.7 Å². The van der Waals surface area contributed by atoms with Gasteiger partial charge >= 0.3 is 5.69 Å². The van der Waals surface area contributed by atoms with Crippen molar-refractivity contribution >= 4 is 11.6 Å². The number of hydrogen-bond acceptors (Lipinski definition) is 5. The lowest BCUT2D eigenvalue weighted by molar-refractivity contribution is -0.385. The maximum Gasteiger partial charge on any atom is 0.311 e. The third-order valence-electron chi connectivity index (χ3n) is 2.54. The molecule has 0 spiro atoms. The number of nitrogens with zero attached hydrogens (tertiary/aromatic N) is 1. The number of amides is 1. The van der Waals surface area contributed by atoms with Crippen LogP contribution in [0.4, 0.5) is 5.69 Å². The minimum absolute atomic E-state index is 0.0216. The molecule has 0 aliphatic rings. The first-order valence-electron chi connectivity index (χ1n) is 6.32. The van der Waals surface area contributed by atoms with Crippen molar-refractivity contribution < 1.29 is 14.5 Å². The van der Waals surface area contributed by atoms with Crippen LogP contribution in [-0.4, -0.2) is 23.5 Å². The van der Waals surface area contributed by atoms with Crippen LogP contribution in [0.2, 0.25) is 0 Å². The van der Waals surface area contributed by atoms with Gasteiger partial charge in [-0.15, -0.1) is 0 Å². The maximum atomic E-state index is 11.0. The zero-order valence-electron chi connectivity index (χ0n) is 11.6. The second-order valence-corrected chi connectivity index (χ2v) is 4.66. The molecule has 7 nitrogen and oxygen atoms in total. The number of benzene rings is 1. The number of ether oxygens (including phenoxy) is 1. The van der Waals surface area contributed by atoms with Crippen LogP contribution in [0, 0.1) is 10.1 Å². The molecule has 0 radical (unpaired) electrons. The molecule has 1 aromatic carbocycles. The molecule has 3 N–H and O–H groups in total. The first kappa shape index (κ1) is 15.9. The minimum Gasteiger partial charge on any atom is -0.486 e. The number of carbonyl (C=O) groups is 1. The average molecular weight is 281 g/mol. The SMILES string of the molecule is CC(C)NCc1ccc(OCCC(N)=O)c([N+](=O)[O-])c1. The third kappa shape index (κ3) is 5.23. The van der Waals surface area contributed by atoms with Crippen LogP contribution in [0.5, 0.6) is 5.75 Å². The summed E-state index contributed by atoms with van der Waals surface area (Å²) in [5, 5.41) is 14.2. The highest BCUT2D eigenvalue weighted by Crippen LogP contribution is 2.28. The Morgan fingerprint density at radius 1 is 1.50 bits per heavy atom. The fraction of sp³-hybridized carbons (Fsp3) is 0.462. The number of nitro benzene ring substituents is 1. The van der Waals surface area contributed by atoms with Crippen LogP contribution < -0.4 is 15.8 Å². The van der Waals surface area contributed by atoms with E-state index in [1.807, 2.05) is 13.8 Å². The highest BCUT2D eigenvalue weighted by atomic mass is 16.6. The molecule has 0 aliphatic carbocycles. The molecule has 0 heterocycles. The summed E-state index contributed by atoms with van der Waals surface area (Å²) in [5.74, 6) is -0.366. The normalized spacial score (nSPS) is 10.6. The van der Waals surface area contributed by atoms with E-state index in [1.54, 1.807) is 6.07 Å². The summed E-state index contributed by atoms with van der Waals surface area (Å²) in [6.07, 6.45) is 0.0216. The Labute approximate surface area is 117 Å². The first-order valence-corrected chi connectivity index (χ1v) is 6.32. The molecule has 1 amide bonds. The molecular formula is C13H19N3O4. The fourth-order valence-electron chi connectivity index (χ4n) is 1.52. The Bertz CT molecular complexity index is 489. The van der Waals surface area contributed by atoms with Gasteiger partial charge in [-0.05, 0) is 11.6 Å². The standard InChI is InChI=1S/C13H19N3O4/c1-9(2)15-8-10-3-4-12(11(7-10)16(18)19)20-6-5-13(14)17/h3-4,7,9,15H,5-6,8H2,1-2H3,(H2,14,17). The Morgan fingerprint density at radius 3 is 2.75 bits per heavy atom. The average Bonchev–Trinajstić information content (AvgIpc) is 2.36. The van der Waals surface area contributed by atoms with Crippen molar-refractivity contribution in [1.29, 1.82) is 0 Å². The van der Waals surface area contributed by atoms with E-state index in [0.29, 0.717) is 12.6 Å². The van der Waals surface area contributed by atoms with Crippen LogP contribution in [-0.2, 0) is 11.3 Å². The number of carbonyl (C=O) groups excluding carboxylic acids is 1. The molecule has 0 aliphatic heterocycles. The quantitative estimate of drug-likeness (QED) is 0.552. The van der Waals surface area contributed by atoms with E-state index in [1.165, 1.54) is 12.1 Å². The van der Waals surface area contributed by atoms with E-state index in [0.717, 1.165) is 5.56 Å². The molecule has 1 rings (SSSR count). The zero-order chi connectivity index (χ0) is 15.1. The number of primary amides is 1. The van der Waals surface area contributed by atoms with Crippen molar-refractivity contribution in [2.24, 2.45) is 5.73 Å². The van der Waals surface area contributed by atoms with Gasteiger partial charge in [0.1, 0.15) is 0 Å². The van der Waals surface area contributed by atoms with Crippen LogP contribution in [0.1, 0.15) is 25.8 Å². The van der Waals surface area contributed by atoms with E-state index < -0.39 is 10.8 Å². The summed E-state index contributed by atoms with van der Waals surface area (Å²) >= 11 is 0. The van der Waals surface area contributed by atoms with Crippen LogP contribution >= 0.6 is 0 Å². The molecule has 1 aromatic rings. The molecule has 110 valence electrons. The lowest BCUT2D eigenvalue weighted by Crippen LogP contribution is -2.21. The molecule has 0 saturated carbocycles. The van der Waals surface area contributed by atoms with E-state index in [-0.39, 0.29) is 24.5 Å². The summed E-state index contributed by atoms with van der Waals surface area (Å²) < 4.78 is 5.23. The van der Waals surface area contributed by atoms with Crippen molar-refractivity contribution in [3.8, 4) is 5.75 Å². The van der Waals surface area contributed by atoms with Gasteiger partial charge in [-0.3, -0.25) is 14.9 Å². The summed E-state index contributed by atoms with van der Waals surface area (Å²) in [7, 11) is 0. The smallest absolute Gasteiger partial charge is 0.311 e. The van der Waals surface area contributed by atoms with Gasteiger partial charge in [-0.2, -0.15) is 0 Å². The third-order valence-corrected chi connectivity index (χ3v) is 2.54. The van der Waals surface area contributed by atoms with Gasteiger partial charge in [-0.1, -0.05) is 19.9 Å². The highest BCUT2D eigenvalue weighted by Gasteiger charge is 2.16. The highest BCUT2D eigenvalue weighted by molar-refractivity contribution is 5.73. The summed E-state index contributed by atoms with van der Waals surface area (Å²) in [5.41, 5.74) is 5.67. The van der Waals surface area contributed by atoms with Crippen LogP contribution in [0.15, 0.2) is 18.2 Å². The Kier molecular flexibility index (Phi) is 5.92. The monoisotopic (exact) mass is 281 g/mol. The van der Waals surface area contributed by atoms with Gasteiger partial charge in [0.05, 0.1) is 18.0 Å². The van der Waals surface area contributed by atoms with E-state index in [2.05, 4.69) is 5.32 Å². The number of nitrogens with one attached hydrogen (secondary N) is 1. The summed E-state index contributed by atoms with van der Waals surface area (Å²) in [4.78, 5) is 21.1. The van der Waals surface area contributed by atoms with Crippen molar-refractivity contribution in [2.45, 2.75) is 32.9 Å². The fourth-order valence-corrected chi connectivity index (χ4v) is 1.52. The lowest BCUT2D eigenvalue weighted by Gasteiger charge is -2.10. The second-order valence-electron chi connectivity index (χ2n) is 4.66. The molecule has 0 saturated heterocycles. The van der Waals surface area contributed by atoms with Gasteiger partial charge in [0.25, 0.3) is 0 Å². The van der Waals surface area contributed by atoms with Crippen LogP contribution in [0.25, 0.3) is 0 Å². The minimum atomic E-state index is -0.509. The predicted octanol–water partition coefficient (Wildman–Crippen LogP) is 1.35. The van der Waals surface area contributed by atoms with Crippen molar-refractivity contribution in [2.75, 3.05) is 6.61 Å². The Balaban J connectivity index is 2.79. The molecule has 7 heteroatoms. The van der Waals surface area contributed by atoms with Crippen LogP contribution in [0.3, 0.4) is 0 Å². The van der Waals surface area contributed by atoms with E-state index in [4.69, 9.17) is 10.5 Å². The maximum absolute atomic E-state index is 11.0. The van der Waals surface area contributed by atoms with Crippen molar-refractivity contribution in [3.63, 3.8) is 0 Å². The second kappa shape index (κ2) is 7.44. The zero-order valence-corrected chi connectivity index (χ0v) is 11.6. The Morgan fingerprint density at radius 2 is 2.20 bits per heavy atom.